The van der Waals surface area contributed by atoms with Crippen LogP contribution in [0.4, 0.5) is 11.5 Å². The molecule has 2 rings (SSSR count). The van der Waals surface area contributed by atoms with E-state index in [1.165, 1.54) is 5.56 Å². The molecule has 4 heteroatoms. The molecule has 0 aliphatic rings. The number of aromatic nitrogens is 2. The van der Waals surface area contributed by atoms with Crippen LogP contribution in [0.15, 0.2) is 36.7 Å². The van der Waals surface area contributed by atoms with Gasteiger partial charge in [0.15, 0.2) is 0 Å². The molecule has 0 saturated heterocycles. The molecule has 0 bridgehead atoms. The van der Waals surface area contributed by atoms with Gasteiger partial charge in [0.05, 0.1) is 11.4 Å². The highest BCUT2D eigenvalue weighted by Gasteiger charge is 2.07. The van der Waals surface area contributed by atoms with E-state index >= 15 is 0 Å². The van der Waals surface area contributed by atoms with Crippen LogP contribution in [0.2, 0.25) is 0 Å². The zero-order chi connectivity index (χ0) is 13.0. The van der Waals surface area contributed by atoms with Gasteiger partial charge in [0.2, 0.25) is 0 Å². The second-order valence-corrected chi connectivity index (χ2v) is 4.21. The van der Waals surface area contributed by atoms with Gasteiger partial charge in [-0.05, 0) is 43.7 Å². The van der Waals surface area contributed by atoms with E-state index in [2.05, 4.69) is 21.8 Å². The highest BCUT2D eigenvalue weighted by molar-refractivity contribution is 5.50. The maximum atomic E-state index is 5.79. The average Bonchev–Trinajstić information content (AvgIpc) is 2.40. The normalized spacial score (nSPS) is 10.3. The second-order valence-electron chi connectivity index (χ2n) is 4.21. The van der Waals surface area contributed by atoms with Gasteiger partial charge in [0.1, 0.15) is 5.82 Å². The fourth-order valence-electron chi connectivity index (χ4n) is 1.80. The topological polar surface area (TPSA) is 55.0 Å². The smallest absolute Gasteiger partial charge is 0.129 e. The van der Waals surface area contributed by atoms with Gasteiger partial charge in [0, 0.05) is 25.5 Å². The minimum atomic E-state index is 0.735. The Morgan fingerprint density at radius 3 is 2.50 bits per heavy atom. The van der Waals surface area contributed by atoms with Gasteiger partial charge in [-0.3, -0.25) is 4.98 Å². The first-order valence-electron chi connectivity index (χ1n) is 6.07. The van der Waals surface area contributed by atoms with Crippen LogP contribution in [0.5, 0.6) is 0 Å². The number of nitrogens with zero attached hydrogens (tertiary/aromatic N) is 3. The molecule has 2 N–H and O–H groups in total. The first kappa shape index (κ1) is 12.4. The summed E-state index contributed by atoms with van der Waals surface area (Å²) in [5, 5.41) is 0. The SMILES string of the molecule is CCN(Cc1ccncc1)c1ccc(N)c(C)n1. The van der Waals surface area contributed by atoms with Crippen molar-refractivity contribution < 1.29 is 0 Å². The van der Waals surface area contributed by atoms with Gasteiger partial charge in [-0.1, -0.05) is 0 Å². The summed E-state index contributed by atoms with van der Waals surface area (Å²) in [6.07, 6.45) is 3.62. The Kier molecular flexibility index (Phi) is 3.77. The predicted molar refractivity (Wildman–Crippen MR) is 74.3 cm³/mol. The van der Waals surface area contributed by atoms with Crippen LogP contribution in [0.25, 0.3) is 0 Å². The summed E-state index contributed by atoms with van der Waals surface area (Å²) >= 11 is 0. The molecule has 0 fully saturated rings. The lowest BCUT2D eigenvalue weighted by Gasteiger charge is -2.22. The quantitative estimate of drug-likeness (QED) is 0.894. The highest BCUT2D eigenvalue weighted by Crippen LogP contribution is 2.18. The summed E-state index contributed by atoms with van der Waals surface area (Å²) in [6, 6.07) is 7.92. The Balaban J connectivity index is 2.20. The van der Waals surface area contributed by atoms with Crippen molar-refractivity contribution in [1.82, 2.24) is 9.97 Å². The zero-order valence-electron chi connectivity index (χ0n) is 10.8. The summed E-state index contributed by atoms with van der Waals surface area (Å²) in [5.41, 5.74) is 8.63. The molecule has 4 nitrogen and oxygen atoms in total. The molecule has 2 aromatic rings. The maximum absolute atomic E-state index is 5.79. The maximum Gasteiger partial charge on any atom is 0.129 e. The van der Waals surface area contributed by atoms with E-state index in [0.717, 1.165) is 30.3 Å². The van der Waals surface area contributed by atoms with E-state index < -0.39 is 0 Å². The summed E-state index contributed by atoms with van der Waals surface area (Å²) in [7, 11) is 0. The number of rotatable bonds is 4. The summed E-state index contributed by atoms with van der Waals surface area (Å²) in [4.78, 5) is 10.8. The number of hydrogen-bond donors (Lipinski definition) is 1. The van der Waals surface area contributed by atoms with Crippen LogP contribution in [0.1, 0.15) is 18.2 Å². The van der Waals surface area contributed by atoms with Crippen molar-refractivity contribution in [3.05, 3.63) is 47.9 Å². The van der Waals surface area contributed by atoms with Gasteiger partial charge < -0.3 is 10.6 Å². The summed E-state index contributed by atoms with van der Waals surface area (Å²) in [6.45, 7) is 5.78. The van der Waals surface area contributed by atoms with Crippen molar-refractivity contribution >= 4 is 11.5 Å². The molecule has 94 valence electrons. The van der Waals surface area contributed by atoms with Crippen LogP contribution in [-0.2, 0) is 6.54 Å². The molecule has 0 saturated carbocycles. The fourth-order valence-corrected chi connectivity index (χ4v) is 1.80. The standard InChI is InChI=1S/C14H18N4/c1-3-18(10-12-6-8-16-9-7-12)14-5-4-13(15)11(2)17-14/h4-9H,3,10,15H2,1-2H3. The minimum Gasteiger partial charge on any atom is -0.397 e. The summed E-state index contributed by atoms with van der Waals surface area (Å²) in [5.74, 6) is 0.959. The molecule has 0 aliphatic carbocycles. The number of nitrogen functional groups attached to an aromatic ring is 1. The van der Waals surface area contributed by atoms with Crippen LogP contribution >= 0.6 is 0 Å². The summed E-state index contributed by atoms with van der Waals surface area (Å²) < 4.78 is 0. The van der Waals surface area contributed by atoms with Crippen LogP contribution < -0.4 is 10.6 Å². The van der Waals surface area contributed by atoms with E-state index in [1.807, 2.05) is 43.6 Å². The van der Waals surface area contributed by atoms with E-state index in [4.69, 9.17) is 5.73 Å². The monoisotopic (exact) mass is 242 g/mol. The molecule has 0 spiro atoms. The third-order valence-electron chi connectivity index (χ3n) is 2.94. The van der Waals surface area contributed by atoms with E-state index in [0.29, 0.717) is 0 Å². The molecule has 2 heterocycles. The van der Waals surface area contributed by atoms with Crippen molar-refractivity contribution in [2.75, 3.05) is 17.2 Å². The highest BCUT2D eigenvalue weighted by atomic mass is 15.2. The Morgan fingerprint density at radius 2 is 1.89 bits per heavy atom. The van der Waals surface area contributed by atoms with Crippen molar-refractivity contribution in [3.8, 4) is 0 Å². The lowest BCUT2D eigenvalue weighted by molar-refractivity contribution is 0.810. The molecule has 0 aliphatic heterocycles. The largest absolute Gasteiger partial charge is 0.397 e. The number of nitrogens with two attached hydrogens (primary N) is 1. The minimum absolute atomic E-state index is 0.735. The Morgan fingerprint density at radius 1 is 1.17 bits per heavy atom. The van der Waals surface area contributed by atoms with Crippen LogP contribution in [0, 0.1) is 6.92 Å². The molecule has 0 unspecified atom stereocenters. The molecule has 0 amide bonds. The van der Waals surface area contributed by atoms with Crippen molar-refractivity contribution in [1.29, 1.82) is 0 Å². The molecule has 18 heavy (non-hydrogen) atoms. The van der Waals surface area contributed by atoms with E-state index in [1.54, 1.807) is 0 Å². The van der Waals surface area contributed by atoms with Gasteiger partial charge in [-0.2, -0.15) is 0 Å². The molecule has 0 radical (unpaired) electrons. The van der Waals surface area contributed by atoms with Gasteiger partial charge in [-0.25, -0.2) is 4.98 Å². The average molecular weight is 242 g/mol. The lowest BCUT2D eigenvalue weighted by Crippen LogP contribution is -2.23. The van der Waals surface area contributed by atoms with E-state index in [9.17, 15) is 0 Å². The van der Waals surface area contributed by atoms with Gasteiger partial charge in [0.25, 0.3) is 0 Å². The lowest BCUT2D eigenvalue weighted by atomic mass is 10.2. The van der Waals surface area contributed by atoms with Crippen molar-refractivity contribution in [2.24, 2.45) is 0 Å². The Bertz CT molecular complexity index is 510. The predicted octanol–water partition coefficient (Wildman–Crippen LogP) is 2.39. The number of aryl methyl sites for hydroxylation is 1. The van der Waals surface area contributed by atoms with Crippen LogP contribution in [-0.4, -0.2) is 16.5 Å². The van der Waals surface area contributed by atoms with Gasteiger partial charge in [-0.15, -0.1) is 0 Å². The third kappa shape index (κ3) is 2.77. The number of hydrogen-bond acceptors (Lipinski definition) is 4. The van der Waals surface area contributed by atoms with Crippen molar-refractivity contribution in [2.45, 2.75) is 20.4 Å². The van der Waals surface area contributed by atoms with Crippen LogP contribution in [0.3, 0.4) is 0 Å². The number of anilines is 2. The van der Waals surface area contributed by atoms with Crippen molar-refractivity contribution in [3.63, 3.8) is 0 Å². The molecule has 0 aromatic carbocycles. The first-order chi connectivity index (χ1) is 8.70. The van der Waals surface area contributed by atoms with E-state index in [-0.39, 0.29) is 0 Å². The Labute approximate surface area is 107 Å². The fraction of sp³-hybridized carbons (Fsp3) is 0.286. The Hall–Kier alpha value is -2.10. The van der Waals surface area contributed by atoms with Gasteiger partial charge >= 0.3 is 0 Å². The third-order valence-corrected chi connectivity index (χ3v) is 2.94. The first-order valence-corrected chi connectivity index (χ1v) is 6.07. The molecular formula is C14H18N4. The molecular weight excluding hydrogens is 224 g/mol. The molecule has 0 atom stereocenters. The second kappa shape index (κ2) is 5.49. The zero-order valence-corrected chi connectivity index (χ0v) is 10.8. The number of pyridine rings is 2. The molecule has 2 aromatic heterocycles.